The SMILES string of the molecule is COc1ccc(NC(=O)COC(=O)c2cc(Cl)cc(Cl)c2)c(OC)c1. The van der Waals surface area contributed by atoms with Gasteiger partial charge in [-0.3, -0.25) is 4.79 Å². The maximum atomic E-state index is 12.0. The lowest BCUT2D eigenvalue weighted by Gasteiger charge is -2.12. The van der Waals surface area contributed by atoms with E-state index in [4.69, 9.17) is 37.4 Å². The molecule has 0 saturated heterocycles. The van der Waals surface area contributed by atoms with Gasteiger partial charge in [-0.1, -0.05) is 23.2 Å². The topological polar surface area (TPSA) is 73.9 Å². The van der Waals surface area contributed by atoms with Crippen LogP contribution in [0.1, 0.15) is 10.4 Å². The van der Waals surface area contributed by atoms with E-state index in [2.05, 4.69) is 5.32 Å². The van der Waals surface area contributed by atoms with Crippen LogP contribution in [0.25, 0.3) is 0 Å². The number of hydrogen-bond donors (Lipinski definition) is 1. The van der Waals surface area contributed by atoms with Crippen LogP contribution in [0.5, 0.6) is 11.5 Å². The van der Waals surface area contributed by atoms with Crippen molar-refractivity contribution in [2.45, 2.75) is 0 Å². The minimum Gasteiger partial charge on any atom is -0.497 e. The van der Waals surface area contributed by atoms with Crippen molar-refractivity contribution in [3.05, 3.63) is 52.0 Å². The van der Waals surface area contributed by atoms with E-state index in [-0.39, 0.29) is 5.56 Å². The lowest BCUT2D eigenvalue weighted by atomic mass is 10.2. The summed E-state index contributed by atoms with van der Waals surface area (Å²) in [7, 11) is 2.99. The zero-order valence-corrected chi connectivity index (χ0v) is 15.0. The predicted octanol–water partition coefficient (Wildman–Crippen LogP) is 3.81. The van der Waals surface area contributed by atoms with Gasteiger partial charge in [-0.2, -0.15) is 0 Å². The highest BCUT2D eigenvalue weighted by Crippen LogP contribution is 2.29. The van der Waals surface area contributed by atoms with Crippen molar-refractivity contribution in [3.8, 4) is 11.5 Å². The molecule has 6 nitrogen and oxygen atoms in total. The first-order valence-corrected chi connectivity index (χ1v) is 7.83. The molecule has 0 fully saturated rings. The summed E-state index contributed by atoms with van der Waals surface area (Å²) in [5.74, 6) is -0.231. The van der Waals surface area contributed by atoms with Gasteiger partial charge in [0.1, 0.15) is 11.5 Å². The maximum absolute atomic E-state index is 12.0. The first kappa shape index (κ1) is 18.9. The summed E-state index contributed by atoms with van der Waals surface area (Å²) in [6.07, 6.45) is 0. The zero-order valence-electron chi connectivity index (χ0n) is 13.5. The summed E-state index contributed by atoms with van der Waals surface area (Å²) >= 11 is 11.7. The number of amides is 1. The number of carbonyl (C=O) groups is 2. The van der Waals surface area contributed by atoms with Crippen LogP contribution < -0.4 is 14.8 Å². The number of anilines is 1. The molecule has 0 aromatic heterocycles. The molecule has 0 radical (unpaired) electrons. The van der Waals surface area contributed by atoms with Gasteiger partial charge in [0.15, 0.2) is 6.61 Å². The number of carbonyl (C=O) groups excluding carboxylic acids is 2. The molecule has 0 heterocycles. The first-order chi connectivity index (χ1) is 11.9. The molecule has 132 valence electrons. The molecule has 0 bridgehead atoms. The Morgan fingerprint density at radius 3 is 2.28 bits per heavy atom. The van der Waals surface area contributed by atoms with Gasteiger partial charge in [0.05, 0.1) is 25.5 Å². The molecular formula is C17H15Cl2NO5. The van der Waals surface area contributed by atoms with Crippen LogP contribution in [0.2, 0.25) is 10.0 Å². The fraction of sp³-hybridized carbons (Fsp3) is 0.176. The van der Waals surface area contributed by atoms with E-state index >= 15 is 0 Å². The molecule has 0 saturated carbocycles. The second-order valence-electron chi connectivity index (χ2n) is 4.85. The number of ether oxygens (including phenoxy) is 3. The van der Waals surface area contributed by atoms with E-state index in [9.17, 15) is 9.59 Å². The molecule has 2 rings (SSSR count). The molecule has 2 aromatic rings. The highest BCUT2D eigenvalue weighted by Gasteiger charge is 2.14. The van der Waals surface area contributed by atoms with Gasteiger partial charge in [-0.15, -0.1) is 0 Å². The van der Waals surface area contributed by atoms with E-state index in [1.165, 1.54) is 32.4 Å². The van der Waals surface area contributed by atoms with Gasteiger partial charge in [-0.25, -0.2) is 4.79 Å². The quantitative estimate of drug-likeness (QED) is 0.767. The monoisotopic (exact) mass is 383 g/mol. The minimum atomic E-state index is -0.707. The fourth-order valence-corrected chi connectivity index (χ4v) is 2.50. The van der Waals surface area contributed by atoms with Gasteiger partial charge < -0.3 is 19.5 Å². The van der Waals surface area contributed by atoms with Crippen molar-refractivity contribution in [2.24, 2.45) is 0 Å². The summed E-state index contributed by atoms with van der Waals surface area (Å²) in [6, 6.07) is 9.20. The zero-order chi connectivity index (χ0) is 18.4. The highest BCUT2D eigenvalue weighted by molar-refractivity contribution is 6.35. The largest absolute Gasteiger partial charge is 0.497 e. The average molecular weight is 384 g/mol. The molecule has 1 amide bonds. The Bertz CT molecular complexity index is 774. The average Bonchev–Trinajstić information content (AvgIpc) is 2.59. The number of esters is 1. The summed E-state index contributed by atoms with van der Waals surface area (Å²) < 4.78 is 15.2. The second kappa shape index (κ2) is 8.60. The van der Waals surface area contributed by atoms with Crippen LogP contribution in [0.15, 0.2) is 36.4 Å². The van der Waals surface area contributed by atoms with Crippen molar-refractivity contribution in [3.63, 3.8) is 0 Å². The molecule has 0 spiro atoms. The lowest BCUT2D eigenvalue weighted by molar-refractivity contribution is -0.119. The molecule has 0 aliphatic carbocycles. The van der Waals surface area contributed by atoms with Crippen LogP contribution in [-0.2, 0) is 9.53 Å². The summed E-state index contributed by atoms with van der Waals surface area (Å²) in [5, 5.41) is 3.19. The number of benzene rings is 2. The van der Waals surface area contributed by atoms with Crippen LogP contribution in [0.4, 0.5) is 5.69 Å². The Kier molecular flexibility index (Phi) is 6.50. The van der Waals surface area contributed by atoms with Crippen LogP contribution >= 0.6 is 23.2 Å². The van der Waals surface area contributed by atoms with Gasteiger partial charge in [0, 0.05) is 16.1 Å². The molecule has 1 N–H and O–H groups in total. The third-order valence-electron chi connectivity index (χ3n) is 3.12. The smallest absolute Gasteiger partial charge is 0.338 e. The van der Waals surface area contributed by atoms with Crippen LogP contribution in [0.3, 0.4) is 0 Å². The van der Waals surface area contributed by atoms with Crippen LogP contribution in [0, 0.1) is 0 Å². The molecule has 0 atom stereocenters. The summed E-state index contributed by atoms with van der Waals surface area (Å²) in [6.45, 7) is -0.474. The molecule has 0 aliphatic rings. The Morgan fingerprint density at radius 2 is 1.68 bits per heavy atom. The fourth-order valence-electron chi connectivity index (χ4n) is 1.97. The van der Waals surface area contributed by atoms with E-state index in [1.54, 1.807) is 18.2 Å². The normalized spacial score (nSPS) is 10.1. The highest BCUT2D eigenvalue weighted by atomic mass is 35.5. The van der Waals surface area contributed by atoms with Crippen molar-refractivity contribution >= 4 is 40.8 Å². The Labute approximate surface area is 154 Å². The Hall–Kier alpha value is -2.44. The number of nitrogens with one attached hydrogen (secondary N) is 1. The molecular weight excluding hydrogens is 369 g/mol. The van der Waals surface area contributed by atoms with Gasteiger partial charge in [0.2, 0.25) is 0 Å². The molecule has 0 aliphatic heterocycles. The second-order valence-corrected chi connectivity index (χ2v) is 5.72. The van der Waals surface area contributed by atoms with Gasteiger partial charge in [0.25, 0.3) is 5.91 Å². The molecule has 8 heteroatoms. The number of methoxy groups -OCH3 is 2. The Morgan fingerprint density at radius 1 is 1.00 bits per heavy atom. The van der Waals surface area contributed by atoms with Crippen LogP contribution in [-0.4, -0.2) is 32.7 Å². The number of rotatable bonds is 6. The molecule has 25 heavy (non-hydrogen) atoms. The third kappa shape index (κ3) is 5.27. The standard InChI is InChI=1S/C17H15Cl2NO5/c1-23-13-3-4-14(15(8-13)24-2)20-16(21)9-25-17(22)10-5-11(18)7-12(19)6-10/h3-8H,9H2,1-2H3,(H,20,21). The van der Waals surface area contributed by atoms with Crippen molar-refractivity contribution in [2.75, 3.05) is 26.1 Å². The molecule has 2 aromatic carbocycles. The van der Waals surface area contributed by atoms with E-state index in [1.807, 2.05) is 0 Å². The Balaban J connectivity index is 1.97. The van der Waals surface area contributed by atoms with Crippen molar-refractivity contribution in [1.29, 1.82) is 0 Å². The third-order valence-corrected chi connectivity index (χ3v) is 3.55. The minimum absolute atomic E-state index is 0.160. The van der Waals surface area contributed by atoms with E-state index < -0.39 is 18.5 Å². The van der Waals surface area contributed by atoms with Crippen molar-refractivity contribution in [1.82, 2.24) is 0 Å². The lowest BCUT2D eigenvalue weighted by Crippen LogP contribution is -2.21. The van der Waals surface area contributed by atoms with E-state index in [0.29, 0.717) is 27.2 Å². The first-order valence-electron chi connectivity index (χ1n) is 7.08. The van der Waals surface area contributed by atoms with E-state index in [0.717, 1.165) is 0 Å². The summed E-state index contributed by atoms with van der Waals surface area (Å²) in [4.78, 5) is 23.9. The summed E-state index contributed by atoms with van der Waals surface area (Å²) in [5.41, 5.74) is 0.586. The maximum Gasteiger partial charge on any atom is 0.338 e. The van der Waals surface area contributed by atoms with Gasteiger partial charge >= 0.3 is 5.97 Å². The number of hydrogen-bond acceptors (Lipinski definition) is 5. The van der Waals surface area contributed by atoms with Gasteiger partial charge in [-0.05, 0) is 30.3 Å². The van der Waals surface area contributed by atoms with Crippen molar-refractivity contribution < 1.29 is 23.8 Å². The molecule has 0 unspecified atom stereocenters. The predicted molar refractivity (Wildman–Crippen MR) is 94.9 cm³/mol. The number of halogens is 2.